The topological polar surface area (TPSA) is 82.7 Å². The monoisotopic (exact) mass is 183 g/mol. The van der Waals surface area contributed by atoms with Crippen molar-refractivity contribution in [3.8, 4) is 0 Å². The van der Waals surface area contributed by atoms with E-state index in [-0.39, 0.29) is 11.6 Å². The van der Waals surface area contributed by atoms with E-state index in [0.29, 0.717) is 5.82 Å². The Balaban J connectivity index is 2.43. The molecule has 6 nitrogen and oxygen atoms in total. The van der Waals surface area contributed by atoms with Gasteiger partial charge in [0.15, 0.2) is 5.82 Å². The molecule has 0 aliphatic heterocycles. The van der Waals surface area contributed by atoms with Crippen molar-refractivity contribution in [3.05, 3.63) is 6.20 Å². The second-order valence-corrected chi connectivity index (χ2v) is 3.68. The number of H-pyrrole nitrogens is 1. The molecule has 3 N–H and O–H groups in total. The number of urea groups is 1. The molecule has 6 heteroatoms. The van der Waals surface area contributed by atoms with Gasteiger partial charge in [0, 0.05) is 5.54 Å². The van der Waals surface area contributed by atoms with Gasteiger partial charge in [-0.3, -0.25) is 5.32 Å². The molecule has 2 amide bonds. The number of nitrogens with zero attached hydrogens (tertiary/aromatic N) is 2. The molecule has 0 unspecified atom stereocenters. The van der Waals surface area contributed by atoms with Gasteiger partial charge in [-0.2, -0.15) is 10.3 Å². The molecule has 0 aromatic carbocycles. The van der Waals surface area contributed by atoms with Crippen molar-refractivity contribution in [3.63, 3.8) is 0 Å². The second kappa shape index (κ2) is 3.42. The fourth-order valence-electron chi connectivity index (χ4n) is 0.750. The SMILES string of the molecule is CC(C)(C)NC(=O)Nc1cn[nH]n1. The molecule has 0 radical (unpaired) electrons. The molecule has 13 heavy (non-hydrogen) atoms. The number of carbonyl (C=O) groups is 1. The summed E-state index contributed by atoms with van der Waals surface area (Å²) in [5.41, 5.74) is -0.256. The zero-order valence-corrected chi connectivity index (χ0v) is 7.88. The molecule has 0 saturated heterocycles. The molecule has 0 saturated carbocycles. The first-order valence-electron chi connectivity index (χ1n) is 3.92. The minimum atomic E-state index is -0.290. The number of carbonyl (C=O) groups excluding carboxylic acids is 1. The summed E-state index contributed by atoms with van der Waals surface area (Å²) >= 11 is 0. The van der Waals surface area contributed by atoms with Crippen LogP contribution in [0.2, 0.25) is 0 Å². The summed E-state index contributed by atoms with van der Waals surface area (Å²) in [6.45, 7) is 5.69. The highest BCUT2D eigenvalue weighted by molar-refractivity contribution is 5.88. The molecule has 1 heterocycles. The molecule has 0 aliphatic rings. The van der Waals surface area contributed by atoms with Gasteiger partial charge in [0.25, 0.3) is 0 Å². The number of amides is 2. The highest BCUT2D eigenvalue weighted by Crippen LogP contribution is 2.00. The molecule has 1 aromatic rings. The normalized spacial score (nSPS) is 11.0. The molecule has 72 valence electrons. The first-order chi connectivity index (χ1) is 5.97. The van der Waals surface area contributed by atoms with Gasteiger partial charge in [-0.15, -0.1) is 5.10 Å². The van der Waals surface area contributed by atoms with Crippen molar-refractivity contribution in [1.82, 2.24) is 20.7 Å². The van der Waals surface area contributed by atoms with Gasteiger partial charge in [0.2, 0.25) is 0 Å². The van der Waals surface area contributed by atoms with E-state index in [2.05, 4.69) is 26.0 Å². The van der Waals surface area contributed by atoms with Crippen LogP contribution >= 0.6 is 0 Å². The van der Waals surface area contributed by atoms with Crippen LogP contribution in [0.4, 0.5) is 10.6 Å². The number of nitrogens with one attached hydrogen (secondary N) is 3. The number of hydrogen-bond donors (Lipinski definition) is 3. The van der Waals surface area contributed by atoms with E-state index in [1.807, 2.05) is 20.8 Å². The quantitative estimate of drug-likeness (QED) is 0.600. The predicted octanol–water partition coefficient (Wildman–Crippen LogP) is 0.725. The predicted molar refractivity (Wildman–Crippen MR) is 48.3 cm³/mol. The fraction of sp³-hybridized carbons (Fsp3) is 0.571. The summed E-state index contributed by atoms with van der Waals surface area (Å²) in [6, 6.07) is -0.290. The summed E-state index contributed by atoms with van der Waals surface area (Å²) in [5, 5.41) is 14.9. The Kier molecular flexibility index (Phi) is 2.50. The van der Waals surface area contributed by atoms with Gasteiger partial charge in [-0.25, -0.2) is 4.79 Å². The average molecular weight is 183 g/mol. The van der Waals surface area contributed by atoms with Gasteiger partial charge in [0.05, 0.1) is 6.20 Å². The molecule has 0 aliphatic carbocycles. The van der Waals surface area contributed by atoms with Gasteiger partial charge in [-0.1, -0.05) is 0 Å². The van der Waals surface area contributed by atoms with E-state index in [0.717, 1.165) is 0 Å². The average Bonchev–Trinajstić information content (AvgIpc) is 2.34. The lowest BCUT2D eigenvalue weighted by Gasteiger charge is -2.19. The van der Waals surface area contributed by atoms with Gasteiger partial charge in [-0.05, 0) is 20.8 Å². The third-order valence-corrected chi connectivity index (χ3v) is 1.15. The Labute approximate surface area is 76.1 Å². The Bertz CT molecular complexity index is 274. The van der Waals surface area contributed by atoms with Crippen molar-refractivity contribution in [2.45, 2.75) is 26.3 Å². The maximum atomic E-state index is 11.2. The van der Waals surface area contributed by atoms with Crippen LogP contribution < -0.4 is 10.6 Å². The summed E-state index contributed by atoms with van der Waals surface area (Å²) in [6.07, 6.45) is 1.43. The standard InChI is InChI=1S/C7H13N5O/c1-7(2,3)10-6(13)9-5-4-8-12-11-5/h4H,1-3H3,(H3,8,9,10,11,12,13). The lowest BCUT2D eigenvalue weighted by molar-refractivity contribution is 0.243. The van der Waals surface area contributed by atoms with E-state index in [4.69, 9.17) is 0 Å². The summed E-state index contributed by atoms with van der Waals surface area (Å²) in [5.74, 6) is 0.404. The maximum Gasteiger partial charge on any atom is 0.320 e. The Morgan fingerprint density at radius 2 is 2.23 bits per heavy atom. The van der Waals surface area contributed by atoms with E-state index in [1.54, 1.807) is 0 Å². The lowest BCUT2D eigenvalue weighted by atomic mass is 10.1. The third-order valence-electron chi connectivity index (χ3n) is 1.15. The number of anilines is 1. The third kappa shape index (κ3) is 3.55. The molecule has 0 bridgehead atoms. The zero-order valence-electron chi connectivity index (χ0n) is 7.88. The van der Waals surface area contributed by atoms with Gasteiger partial charge >= 0.3 is 6.03 Å². The first-order valence-corrected chi connectivity index (χ1v) is 3.92. The fourth-order valence-corrected chi connectivity index (χ4v) is 0.750. The van der Waals surface area contributed by atoms with Crippen molar-refractivity contribution >= 4 is 11.8 Å². The lowest BCUT2D eigenvalue weighted by Crippen LogP contribution is -2.43. The van der Waals surface area contributed by atoms with Crippen molar-refractivity contribution in [2.24, 2.45) is 0 Å². The Morgan fingerprint density at radius 1 is 1.54 bits per heavy atom. The summed E-state index contributed by atoms with van der Waals surface area (Å²) in [7, 11) is 0. The highest BCUT2D eigenvalue weighted by Gasteiger charge is 2.13. The number of rotatable bonds is 1. The second-order valence-electron chi connectivity index (χ2n) is 3.68. The first kappa shape index (κ1) is 9.50. The molecule has 1 aromatic heterocycles. The van der Waals surface area contributed by atoms with E-state index in [9.17, 15) is 4.79 Å². The van der Waals surface area contributed by atoms with Crippen LogP contribution in [0.3, 0.4) is 0 Å². The number of aromatic amines is 1. The Morgan fingerprint density at radius 3 is 2.69 bits per heavy atom. The highest BCUT2D eigenvalue weighted by atomic mass is 16.2. The van der Waals surface area contributed by atoms with Crippen molar-refractivity contribution < 1.29 is 4.79 Å². The van der Waals surface area contributed by atoms with Crippen LogP contribution in [-0.2, 0) is 0 Å². The molecular weight excluding hydrogens is 170 g/mol. The largest absolute Gasteiger partial charge is 0.333 e. The van der Waals surface area contributed by atoms with Crippen LogP contribution in [0.5, 0.6) is 0 Å². The molecular formula is C7H13N5O. The molecule has 0 fully saturated rings. The number of aromatic nitrogens is 3. The number of hydrogen-bond acceptors (Lipinski definition) is 3. The van der Waals surface area contributed by atoms with Crippen molar-refractivity contribution in [2.75, 3.05) is 5.32 Å². The van der Waals surface area contributed by atoms with Crippen LogP contribution in [0.15, 0.2) is 6.20 Å². The van der Waals surface area contributed by atoms with Crippen molar-refractivity contribution in [1.29, 1.82) is 0 Å². The van der Waals surface area contributed by atoms with E-state index < -0.39 is 0 Å². The molecule has 1 rings (SSSR count). The van der Waals surface area contributed by atoms with Gasteiger partial charge in [0.1, 0.15) is 0 Å². The van der Waals surface area contributed by atoms with Crippen LogP contribution in [-0.4, -0.2) is 27.0 Å². The van der Waals surface area contributed by atoms with Crippen LogP contribution in [0.1, 0.15) is 20.8 Å². The molecule has 0 atom stereocenters. The van der Waals surface area contributed by atoms with Crippen LogP contribution in [0, 0.1) is 0 Å². The Hall–Kier alpha value is -1.59. The summed E-state index contributed by atoms with van der Waals surface area (Å²) in [4.78, 5) is 11.2. The van der Waals surface area contributed by atoms with E-state index in [1.165, 1.54) is 6.20 Å². The molecule has 0 spiro atoms. The van der Waals surface area contributed by atoms with Gasteiger partial charge < -0.3 is 5.32 Å². The minimum Gasteiger partial charge on any atom is -0.333 e. The van der Waals surface area contributed by atoms with Crippen LogP contribution in [0.25, 0.3) is 0 Å². The smallest absolute Gasteiger partial charge is 0.320 e. The van der Waals surface area contributed by atoms with E-state index >= 15 is 0 Å². The maximum absolute atomic E-state index is 11.2. The minimum absolute atomic E-state index is 0.256. The zero-order chi connectivity index (χ0) is 9.90. The summed E-state index contributed by atoms with van der Waals surface area (Å²) < 4.78 is 0.